The fourth-order valence-electron chi connectivity index (χ4n) is 1.81. The van der Waals surface area contributed by atoms with E-state index in [1.165, 1.54) is 5.56 Å². The van der Waals surface area contributed by atoms with E-state index in [4.69, 9.17) is 0 Å². The fraction of sp³-hybridized carbons (Fsp3) is 0.364. The molecule has 74 valence electrons. The highest BCUT2D eigenvalue weighted by molar-refractivity contribution is 5.85. The summed E-state index contributed by atoms with van der Waals surface area (Å²) in [5, 5.41) is 5.90. The van der Waals surface area contributed by atoms with Gasteiger partial charge >= 0.3 is 0 Å². The summed E-state index contributed by atoms with van der Waals surface area (Å²) in [6.07, 6.45) is 1.85. The van der Waals surface area contributed by atoms with Gasteiger partial charge in [0.1, 0.15) is 6.04 Å². The molecule has 1 atom stereocenters. The van der Waals surface area contributed by atoms with Gasteiger partial charge in [0.2, 0.25) is 5.91 Å². The Bertz CT molecular complexity index is 349. The smallest absolute Gasteiger partial charge is 0.242 e. The highest BCUT2D eigenvalue weighted by Crippen LogP contribution is 2.23. The van der Waals surface area contributed by atoms with E-state index in [1.54, 1.807) is 7.05 Å². The number of hydrogen-bond acceptors (Lipinski definition) is 2. The van der Waals surface area contributed by atoms with E-state index in [2.05, 4.69) is 16.7 Å². The maximum absolute atomic E-state index is 11.4. The number of carbonyl (C=O) groups excluding carboxylic acids is 1. The summed E-state index contributed by atoms with van der Waals surface area (Å²) in [5.41, 5.74) is 2.39. The molecule has 3 heteroatoms. The monoisotopic (exact) mass is 190 g/mol. The number of amides is 1. The van der Waals surface area contributed by atoms with Crippen molar-refractivity contribution in [2.45, 2.75) is 18.9 Å². The lowest BCUT2D eigenvalue weighted by Crippen LogP contribution is -2.40. The first kappa shape index (κ1) is 9.06. The van der Waals surface area contributed by atoms with Crippen LogP contribution in [0.5, 0.6) is 0 Å². The minimum absolute atomic E-state index is 0.0690. The third-order valence-electron chi connectivity index (χ3n) is 2.61. The second kappa shape index (κ2) is 3.70. The zero-order valence-corrected chi connectivity index (χ0v) is 8.21. The van der Waals surface area contributed by atoms with Crippen LogP contribution >= 0.6 is 0 Å². The van der Waals surface area contributed by atoms with Crippen molar-refractivity contribution in [1.82, 2.24) is 5.32 Å². The molecule has 1 aliphatic heterocycles. The molecule has 0 saturated heterocycles. The first-order chi connectivity index (χ1) is 6.81. The van der Waals surface area contributed by atoms with Crippen LogP contribution in [0.4, 0.5) is 5.69 Å². The van der Waals surface area contributed by atoms with Crippen molar-refractivity contribution in [1.29, 1.82) is 0 Å². The molecule has 1 aromatic carbocycles. The molecule has 1 aromatic rings. The Morgan fingerprint density at radius 3 is 3.07 bits per heavy atom. The van der Waals surface area contributed by atoms with E-state index < -0.39 is 0 Å². The third kappa shape index (κ3) is 1.58. The molecule has 1 amide bonds. The summed E-state index contributed by atoms with van der Waals surface area (Å²) in [6, 6.07) is 8.06. The highest BCUT2D eigenvalue weighted by Gasteiger charge is 2.22. The second-order valence-electron chi connectivity index (χ2n) is 3.51. The van der Waals surface area contributed by atoms with Crippen LogP contribution in [0.25, 0.3) is 0 Å². The minimum Gasteiger partial charge on any atom is -0.373 e. The number of anilines is 1. The average molecular weight is 190 g/mol. The zero-order chi connectivity index (χ0) is 9.97. The van der Waals surface area contributed by atoms with Crippen LogP contribution in [0.1, 0.15) is 12.0 Å². The number of likely N-dealkylation sites (N-methyl/N-ethyl adjacent to an activating group) is 1. The predicted molar refractivity (Wildman–Crippen MR) is 56.2 cm³/mol. The molecule has 0 aliphatic carbocycles. The summed E-state index contributed by atoms with van der Waals surface area (Å²) in [7, 11) is 1.67. The van der Waals surface area contributed by atoms with Crippen molar-refractivity contribution in [2.24, 2.45) is 0 Å². The number of fused-ring (bicyclic) bond motifs is 1. The molecule has 0 saturated carbocycles. The molecule has 3 nitrogen and oxygen atoms in total. The molecule has 0 radical (unpaired) electrons. The highest BCUT2D eigenvalue weighted by atomic mass is 16.2. The van der Waals surface area contributed by atoms with Gasteiger partial charge in [0.05, 0.1) is 0 Å². The van der Waals surface area contributed by atoms with Crippen LogP contribution in [0.2, 0.25) is 0 Å². The average Bonchev–Trinajstić information content (AvgIpc) is 2.27. The Labute approximate surface area is 83.5 Å². The normalized spacial score (nSPS) is 19.4. The van der Waals surface area contributed by atoms with Gasteiger partial charge in [0.15, 0.2) is 0 Å². The zero-order valence-electron chi connectivity index (χ0n) is 8.21. The maximum Gasteiger partial charge on any atom is 0.242 e. The molecule has 0 unspecified atom stereocenters. The van der Waals surface area contributed by atoms with E-state index >= 15 is 0 Å². The van der Waals surface area contributed by atoms with Crippen molar-refractivity contribution in [3.8, 4) is 0 Å². The van der Waals surface area contributed by atoms with E-state index in [9.17, 15) is 4.79 Å². The number of rotatable bonds is 1. The Balaban J connectivity index is 2.17. The molecule has 1 aliphatic rings. The molecular weight excluding hydrogens is 176 g/mol. The largest absolute Gasteiger partial charge is 0.373 e. The molecule has 0 aromatic heterocycles. The van der Waals surface area contributed by atoms with Gasteiger partial charge in [-0.1, -0.05) is 18.2 Å². The molecule has 0 spiro atoms. The molecule has 14 heavy (non-hydrogen) atoms. The van der Waals surface area contributed by atoms with Crippen LogP contribution in [-0.4, -0.2) is 19.0 Å². The van der Waals surface area contributed by atoms with Gasteiger partial charge in [-0.3, -0.25) is 4.79 Å². The second-order valence-corrected chi connectivity index (χ2v) is 3.51. The quantitative estimate of drug-likeness (QED) is 0.697. The SMILES string of the molecule is CNC(=O)[C@H]1CCc2ccccc2N1. The van der Waals surface area contributed by atoms with Gasteiger partial charge < -0.3 is 10.6 Å². The maximum atomic E-state index is 11.4. The summed E-state index contributed by atoms with van der Waals surface area (Å²) >= 11 is 0. The molecule has 0 fully saturated rings. The van der Waals surface area contributed by atoms with Gasteiger partial charge in [-0.05, 0) is 24.5 Å². The fourth-order valence-corrected chi connectivity index (χ4v) is 1.81. The Morgan fingerprint density at radius 2 is 2.29 bits per heavy atom. The van der Waals surface area contributed by atoms with Crippen LogP contribution in [-0.2, 0) is 11.2 Å². The van der Waals surface area contributed by atoms with Crippen LogP contribution in [0.15, 0.2) is 24.3 Å². The van der Waals surface area contributed by atoms with E-state index in [0.717, 1.165) is 18.5 Å². The van der Waals surface area contributed by atoms with Crippen LogP contribution in [0, 0.1) is 0 Å². The molecule has 2 N–H and O–H groups in total. The number of carbonyl (C=O) groups is 1. The van der Waals surface area contributed by atoms with Crippen molar-refractivity contribution in [3.05, 3.63) is 29.8 Å². The topological polar surface area (TPSA) is 41.1 Å². The summed E-state index contributed by atoms with van der Waals surface area (Å²) < 4.78 is 0. The number of benzene rings is 1. The van der Waals surface area contributed by atoms with E-state index in [1.807, 2.05) is 18.2 Å². The standard InChI is InChI=1S/C11H14N2O/c1-12-11(14)10-7-6-8-4-2-3-5-9(8)13-10/h2-5,10,13H,6-7H2,1H3,(H,12,14)/t10-/m1/s1. The van der Waals surface area contributed by atoms with Crippen molar-refractivity contribution in [2.75, 3.05) is 12.4 Å². The van der Waals surface area contributed by atoms with E-state index in [-0.39, 0.29) is 11.9 Å². The van der Waals surface area contributed by atoms with Crippen molar-refractivity contribution >= 4 is 11.6 Å². The molecule has 1 heterocycles. The number of hydrogen-bond donors (Lipinski definition) is 2. The lowest BCUT2D eigenvalue weighted by atomic mass is 9.98. The summed E-state index contributed by atoms with van der Waals surface area (Å²) in [6.45, 7) is 0. The van der Waals surface area contributed by atoms with Gasteiger partial charge in [-0.25, -0.2) is 0 Å². The van der Waals surface area contributed by atoms with Gasteiger partial charge in [0, 0.05) is 12.7 Å². The summed E-state index contributed by atoms with van der Waals surface area (Å²) in [5.74, 6) is 0.0690. The lowest BCUT2D eigenvalue weighted by molar-refractivity contribution is -0.121. The number of para-hydroxylation sites is 1. The van der Waals surface area contributed by atoms with Gasteiger partial charge in [-0.2, -0.15) is 0 Å². The van der Waals surface area contributed by atoms with Gasteiger partial charge in [-0.15, -0.1) is 0 Å². The molecular formula is C11H14N2O. The van der Waals surface area contributed by atoms with Gasteiger partial charge in [0.25, 0.3) is 0 Å². The minimum atomic E-state index is -0.0742. The number of aryl methyl sites for hydroxylation is 1. The molecule has 2 rings (SSSR count). The van der Waals surface area contributed by atoms with E-state index in [0.29, 0.717) is 0 Å². The first-order valence-electron chi connectivity index (χ1n) is 4.87. The Kier molecular flexibility index (Phi) is 2.39. The van der Waals surface area contributed by atoms with Crippen molar-refractivity contribution < 1.29 is 4.79 Å². The number of nitrogens with one attached hydrogen (secondary N) is 2. The van der Waals surface area contributed by atoms with Crippen LogP contribution in [0.3, 0.4) is 0 Å². The summed E-state index contributed by atoms with van der Waals surface area (Å²) in [4.78, 5) is 11.4. The predicted octanol–water partition coefficient (Wildman–Crippen LogP) is 1.16. The molecule has 0 bridgehead atoms. The first-order valence-corrected chi connectivity index (χ1v) is 4.87. The van der Waals surface area contributed by atoms with Crippen LogP contribution < -0.4 is 10.6 Å². The third-order valence-corrected chi connectivity index (χ3v) is 2.61. The van der Waals surface area contributed by atoms with Crippen molar-refractivity contribution in [3.63, 3.8) is 0 Å². The Hall–Kier alpha value is -1.51. The Morgan fingerprint density at radius 1 is 1.50 bits per heavy atom. The lowest BCUT2D eigenvalue weighted by Gasteiger charge is -2.25.